The molecule has 12 heavy (non-hydrogen) atoms. The van der Waals surface area contributed by atoms with E-state index in [-0.39, 0.29) is 0 Å². The van der Waals surface area contributed by atoms with Crippen LogP contribution in [0.15, 0.2) is 11.3 Å². The van der Waals surface area contributed by atoms with Crippen molar-refractivity contribution >= 4 is 0 Å². The monoisotopic (exact) mass is 164 g/mol. The van der Waals surface area contributed by atoms with Crippen LogP contribution >= 0.6 is 0 Å². The molecule has 0 radical (unpaired) electrons. The van der Waals surface area contributed by atoms with Gasteiger partial charge in [0, 0.05) is 12.1 Å². The van der Waals surface area contributed by atoms with Crippen LogP contribution in [0.3, 0.4) is 0 Å². The Balaban J connectivity index is 2.44. The lowest BCUT2D eigenvalue weighted by atomic mass is 9.92. The minimum absolute atomic E-state index is 0.565. The van der Waals surface area contributed by atoms with E-state index in [2.05, 4.69) is 6.07 Å². The Morgan fingerprint density at radius 2 is 2.00 bits per heavy atom. The normalized spacial score (nSPS) is 17.1. The van der Waals surface area contributed by atoms with Crippen molar-refractivity contribution in [3.05, 3.63) is 11.3 Å². The van der Waals surface area contributed by atoms with Crippen molar-refractivity contribution in [1.82, 2.24) is 0 Å². The molecule has 0 unspecified atom stereocenters. The fourth-order valence-electron chi connectivity index (χ4n) is 1.67. The minimum Gasteiger partial charge on any atom is -0.402 e. The van der Waals surface area contributed by atoms with Gasteiger partial charge in [0.25, 0.3) is 0 Å². The minimum atomic E-state index is 0.565. The van der Waals surface area contributed by atoms with E-state index in [9.17, 15) is 0 Å². The Morgan fingerprint density at radius 3 is 2.58 bits per heavy atom. The second kappa shape index (κ2) is 4.82. The molecule has 0 saturated heterocycles. The summed E-state index contributed by atoms with van der Waals surface area (Å²) in [6.07, 6.45) is 7.57. The Hall–Kier alpha value is -0.970. The van der Waals surface area contributed by atoms with Gasteiger partial charge in [-0.15, -0.1) is 0 Å². The largest absolute Gasteiger partial charge is 0.402 e. The molecule has 0 atom stereocenters. The van der Waals surface area contributed by atoms with Crippen LogP contribution in [0.4, 0.5) is 0 Å². The highest BCUT2D eigenvalue weighted by Crippen LogP contribution is 2.25. The zero-order chi connectivity index (χ0) is 8.81. The van der Waals surface area contributed by atoms with Crippen LogP contribution < -0.4 is 5.73 Å². The van der Waals surface area contributed by atoms with E-state index in [1.165, 1.54) is 24.8 Å². The SMILES string of the molecule is N#CCCC(N)=C1CCCCC1. The molecule has 2 heteroatoms. The third kappa shape index (κ3) is 2.58. The molecule has 0 aromatic heterocycles. The van der Waals surface area contributed by atoms with Gasteiger partial charge in [0.2, 0.25) is 0 Å². The molecular weight excluding hydrogens is 148 g/mol. The standard InChI is InChI=1S/C10H16N2/c11-8-4-7-10(12)9-5-2-1-3-6-9/h1-7,12H2. The lowest BCUT2D eigenvalue weighted by Crippen LogP contribution is -2.05. The molecular formula is C10H16N2. The number of rotatable bonds is 2. The number of nitrogens with two attached hydrogens (primary N) is 1. The molecule has 0 bridgehead atoms. The summed E-state index contributed by atoms with van der Waals surface area (Å²) in [5.74, 6) is 0. The first kappa shape index (κ1) is 9.12. The van der Waals surface area contributed by atoms with Gasteiger partial charge in [-0.3, -0.25) is 0 Å². The second-order valence-corrected chi connectivity index (χ2v) is 3.35. The van der Waals surface area contributed by atoms with Crippen LogP contribution in [0, 0.1) is 11.3 Å². The summed E-state index contributed by atoms with van der Waals surface area (Å²) in [4.78, 5) is 0. The molecule has 1 fully saturated rings. The zero-order valence-corrected chi connectivity index (χ0v) is 7.47. The smallest absolute Gasteiger partial charge is 0.0625 e. The third-order valence-electron chi connectivity index (χ3n) is 2.42. The molecule has 2 nitrogen and oxygen atoms in total. The van der Waals surface area contributed by atoms with Gasteiger partial charge in [-0.2, -0.15) is 5.26 Å². The first-order chi connectivity index (χ1) is 5.84. The molecule has 1 aliphatic carbocycles. The molecule has 0 amide bonds. The highest BCUT2D eigenvalue weighted by Gasteiger charge is 2.08. The summed E-state index contributed by atoms with van der Waals surface area (Å²) in [5.41, 5.74) is 8.26. The molecule has 1 aliphatic rings. The lowest BCUT2D eigenvalue weighted by Gasteiger charge is -2.16. The van der Waals surface area contributed by atoms with Crippen LogP contribution in [-0.2, 0) is 0 Å². The molecule has 0 aliphatic heterocycles. The zero-order valence-electron chi connectivity index (χ0n) is 7.47. The average molecular weight is 164 g/mol. The first-order valence-corrected chi connectivity index (χ1v) is 4.68. The Morgan fingerprint density at radius 1 is 1.33 bits per heavy atom. The van der Waals surface area contributed by atoms with Crippen LogP contribution in [0.5, 0.6) is 0 Å². The van der Waals surface area contributed by atoms with Crippen molar-refractivity contribution in [2.24, 2.45) is 5.73 Å². The van der Waals surface area contributed by atoms with Gasteiger partial charge in [-0.25, -0.2) is 0 Å². The highest BCUT2D eigenvalue weighted by atomic mass is 14.6. The summed E-state index contributed by atoms with van der Waals surface area (Å²) in [7, 11) is 0. The Bertz CT molecular complexity index is 202. The molecule has 0 aromatic carbocycles. The third-order valence-corrected chi connectivity index (χ3v) is 2.42. The quantitative estimate of drug-likeness (QED) is 0.681. The van der Waals surface area contributed by atoms with Crippen molar-refractivity contribution in [1.29, 1.82) is 5.26 Å². The summed E-state index contributed by atoms with van der Waals surface area (Å²) in [6, 6.07) is 2.12. The van der Waals surface area contributed by atoms with Crippen LogP contribution in [-0.4, -0.2) is 0 Å². The second-order valence-electron chi connectivity index (χ2n) is 3.35. The summed E-state index contributed by atoms with van der Waals surface area (Å²) in [6.45, 7) is 0. The maximum absolute atomic E-state index is 8.39. The van der Waals surface area contributed by atoms with Crippen molar-refractivity contribution in [3.63, 3.8) is 0 Å². The van der Waals surface area contributed by atoms with E-state index in [0.717, 1.165) is 25.0 Å². The Kier molecular flexibility index (Phi) is 3.66. The van der Waals surface area contributed by atoms with Crippen LogP contribution in [0.2, 0.25) is 0 Å². The maximum atomic E-state index is 8.39. The van der Waals surface area contributed by atoms with Gasteiger partial charge in [0.1, 0.15) is 0 Å². The summed E-state index contributed by atoms with van der Waals surface area (Å²) < 4.78 is 0. The van der Waals surface area contributed by atoms with E-state index < -0.39 is 0 Å². The predicted octanol–water partition coefficient (Wildman–Crippen LogP) is 2.47. The topological polar surface area (TPSA) is 49.8 Å². The lowest BCUT2D eigenvalue weighted by molar-refractivity contribution is 0.588. The van der Waals surface area contributed by atoms with E-state index >= 15 is 0 Å². The van der Waals surface area contributed by atoms with Crippen LogP contribution in [0.1, 0.15) is 44.9 Å². The van der Waals surface area contributed by atoms with Crippen molar-refractivity contribution in [2.45, 2.75) is 44.9 Å². The molecule has 1 saturated carbocycles. The molecule has 0 spiro atoms. The maximum Gasteiger partial charge on any atom is 0.0625 e. The summed E-state index contributed by atoms with van der Waals surface area (Å²) >= 11 is 0. The average Bonchev–Trinajstić information content (AvgIpc) is 2.15. The Labute approximate surface area is 74.1 Å². The van der Waals surface area contributed by atoms with Gasteiger partial charge in [0.05, 0.1) is 6.07 Å². The van der Waals surface area contributed by atoms with Gasteiger partial charge in [-0.1, -0.05) is 12.0 Å². The number of allylic oxidation sites excluding steroid dienone is 2. The number of nitriles is 1. The van der Waals surface area contributed by atoms with Crippen molar-refractivity contribution in [3.8, 4) is 6.07 Å². The van der Waals surface area contributed by atoms with Gasteiger partial charge < -0.3 is 5.73 Å². The predicted molar refractivity (Wildman–Crippen MR) is 49.1 cm³/mol. The van der Waals surface area contributed by atoms with Gasteiger partial charge in [-0.05, 0) is 32.1 Å². The molecule has 66 valence electrons. The number of nitrogens with zero attached hydrogens (tertiary/aromatic N) is 1. The van der Waals surface area contributed by atoms with Gasteiger partial charge >= 0.3 is 0 Å². The highest BCUT2D eigenvalue weighted by molar-refractivity contribution is 5.13. The van der Waals surface area contributed by atoms with E-state index in [1.54, 1.807) is 0 Å². The van der Waals surface area contributed by atoms with Crippen molar-refractivity contribution in [2.75, 3.05) is 0 Å². The van der Waals surface area contributed by atoms with Crippen molar-refractivity contribution < 1.29 is 0 Å². The van der Waals surface area contributed by atoms with E-state index in [0.29, 0.717) is 6.42 Å². The molecule has 0 aromatic rings. The van der Waals surface area contributed by atoms with E-state index in [4.69, 9.17) is 11.0 Å². The van der Waals surface area contributed by atoms with Crippen LogP contribution in [0.25, 0.3) is 0 Å². The number of hydrogen-bond donors (Lipinski definition) is 1. The van der Waals surface area contributed by atoms with Gasteiger partial charge in [0.15, 0.2) is 0 Å². The first-order valence-electron chi connectivity index (χ1n) is 4.68. The summed E-state index contributed by atoms with van der Waals surface area (Å²) in [5, 5.41) is 8.39. The molecule has 0 heterocycles. The fraction of sp³-hybridized carbons (Fsp3) is 0.700. The van der Waals surface area contributed by atoms with E-state index in [1.807, 2.05) is 0 Å². The fourth-order valence-corrected chi connectivity index (χ4v) is 1.67. The number of hydrogen-bond acceptors (Lipinski definition) is 2. The molecule has 2 N–H and O–H groups in total. The molecule has 1 rings (SSSR count).